The molecule has 0 N–H and O–H groups in total. The van der Waals surface area contributed by atoms with Crippen LogP contribution in [-0.2, 0) is 0 Å². The second-order valence-corrected chi connectivity index (χ2v) is 2.57. The van der Waals surface area contributed by atoms with Gasteiger partial charge >= 0.3 is 0 Å². The lowest BCUT2D eigenvalue weighted by molar-refractivity contribution is -0.429. The van der Waals surface area contributed by atoms with E-state index in [1.54, 1.807) is 6.92 Å². The van der Waals surface area contributed by atoms with Crippen LogP contribution in [0.25, 0.3) is 0 Å². The van der Waals surface area contributed by atoms with Crippen molar-refractivity contribution >= 4 is 0 Å². The fraction of sp³-hybridized carbons (Fsp3) is 0.429. The Morgan fingerprint density at radius 2 is 2.36 bits per heavy atom. The summed E-state index contributed by atoms with van der Waals surface area (Å²) in [4.78, 5) is 9.72. The first-order valence-electron chi connectivity index (χ1n) is 3.32. The Hall–Kier alpha value is -1.19. The van der Waals surface area contributed by atoms with E-state index < -0.39 is 4.92 Å². The molecule has 60 valence electrons. The smallest absolute Gasteiger partial charge is 0.247 e. The van der Waals surface area contributed by atoms with Gasteiger partial charge < -0.3 is 0 Å². The van der Waals surface area contributed by atoms with Gasteiger partial charge in [-0.15, -0.1) is 0 Å². The molecule has 0 aromatic heterocycles. The molecule has 0 aromatic carbocycles. The molecule has 1 aliphatic carbocycles. The molecule has 0 spiro atoms. The van der Waals surface area contributed by atoms with Gasteiger partial charge in [0.2, 0.25) is 5.70 Å². The highest BCUT2D eigenvalue weighted by molar-refractivity contribution is 5.18. The fourth-order valence-electron chi connectivity index (χ4n) is 0.955. The van der Waals surface area contributed by atoms with Crippen LogP contribution in [0.2, 0.25) is 0 Å². The molecule has 0 fully saturated rings. The van der Waals surface area contributed by atoms with Crippen molar-refractivity contribution in [2.75, 3.05) is 0 Å². The van der Waals surface area contributed by atoms with Crippen LogP contribution < -0.4 is 0 Å². The molecule has 0 bridgehead atoms. The average molecular weight is 157 g/mol. The molecule has 0 saturated heterocycles. The molecule has 1 atom stereocenters. The molecular formula is C7H8FNO2. The minimum absolute atomic E-state index is 0.0823. The average Bonchev–Trinajstić information content (AvgIpc) is 1.94. The number of rotatable bonds is 1. The van der Waals surface area contributed by atoms with E-state index in [2.05, 4.69) is 0 Å². The van der Waals surface area contributed by atoms with Crippen LogP contribution in [-0.4, -0.2) is 4.92 Å². The maximum atomic E-state index is 12.6. The second kappa shape index (κ2) is 2.82. The zero-order valence-corrected chi connectivity index (χ0v) is 6.08. The number of nitrogens with zero attached hydrogens (tertiary/aromatic N) is 1. The summed E-state index contributed by atoms with van der Waals surface area (Å²) in [7, 11) is 0. The zero-order valence-electron chi connectivity index (χ0n) is 6.08. The predicted molar refractivity (Wildman–Crippen MR) is 38.0 cm³/mol. The standard InChI is InChI=1S/C7H8FNO2/c1-5-4-6(9(10)11)2-3-7(5)8/h2-3,5H,4H2,1H3. The molecule has 0 aliphatic heterocycles. The lowest BCUT2D eigenvalue weighted by atomic mass is 9.99. The topological polar surface area (TPSA) is 43.1 Å². The molecule has 0 radical (unpaired) electrons. The van der Waals surface area contributed by atoms with Crippen LogP contribution in [0.3, 0.4) is 0 Å². The summed E-state index contributed by atoms with van der Waals surface area (Å²) in [6.45, 7) is 1.63. The molecule has 1 unspecified atom stereocenters. The summed E-state index contributed by atoms with van der Waals surface area (Å²) in [5.74, 6) is -0.629. The van der Waals surface area contributed by atoms with E-state index in [9.17, 15) is 14.5 Å². The quantitative estimate of drug-likeness (QED) is 0.431. The van der Waals surface area contributed by atoms with Crippen molar-refractivity contribution in [3.63, 3.8) is 0 Å². The van der Waals surface area contributed by atoms with Gasteiger partial charge in [0.25, 0.3) is 0 Å². The van der Waals surface area contributed by atoms with E-state index in [1.165, 1.54) is 6.08 Å². The molecule has 0 heterocycles. The van der Waals surface area contributed by atoms with Gasteiger partial charge in [0.1, 0.15) is 5.83 Å². The van der Waals surface area contributed by atoms with Gasteiger partial charge in [0.05, 0.1) is 4.92 Å². The van der Waals surface area contributed by atoms with Crippen LogP contribution >= 0.6 is 0 Å². The van der Waals surface area contributed by atoms with Crippen molar-refractivity contribution in [3.05, 3.63) is 33.8 Å². The van der Waals surface area contributed by atoms with Crippen molar-refractivity contribution in [2.24, 2.45) is 5.92 Å². The third kappa shape index (κ3) is 1.63. The molecule has 0 saturated carbocycles. The summed E-state index contributed by atoms with van der Waals surface area (Å²) in [5, 5.41) is 10.2. The Labute approximate surface area is 63.4 Å². The van der Waals surface area contributed by atoms with E-state index in [0.29, 0.717) is 0 Å². The van der Waals surface area contributed by atoms with Crippen molar-refractivity contribution < 1.29 is 9.31 Å². The summed E-state index contributed by atoms with van der Waals surface area (Å²) >= 11 is 0. The van der Waals surface area contributed by atoms with Gasteiger partial charge in [-0.25, -0.2) is 4.39 Å². The number of nitro groups is 1. The van der Waals surface area contributed by atoms with E-state index in [0.717, 1.165) is 6.08 Å². The molecule has 0 amide bonds. The Kier molecular flexibility index (Phi) is 2.03. The van der Waals surface area contributed by atoms with E-state index in [1.807, 2.05) is 0 Å². The lowest BCUT2D eigenvalue weighted by Gasteiger charge is -2.09. The molecule has 11 heavy (non-hydrogen) atoms. The van der Waals surface area contributed by atoms with Crippen LogP contribution in [0.1, 0.15) is 13.3 Å². The van der Waals surface area contributed by atoms with Crippen LogP contribution in [0.4, 0.5) is 4.39 Å². The van der Waals surface area contributed by atoms with Crippen molar-refractivity contribution in [1.29, 1.82) is 0 Å². The van der Waals surface area contributed by atoms with Crippen molar-refractivity contribution in [3.8, 4) is 0 Å². The molecule has 4 heteroatoms. The lowest BCUT2D eigenvalue weighted by Crippen LogP contribution is -2.08. The summed E-state index contributed by atoms with van der Waals surface area (Å²) in [6.07, 6.45) is 2.57. The Bertz CT molecular complexity index is 245. The van der Waals surface area contributed by atoms with Gasteiger partial charge in [-0.05, 0) is 6.08 Å². The normalized spacial score (nSPS) is 24.0. The summed E-state index contributed by atoms with van der Waals surface area (Å²) < 4.78 is 12.6. The van der Waals surface area contributed by atoms with Crippen LogP contribution in [0.5, 0.6) is 0 Å². The van der Waals surface area contributed by atoms with Crippen LogP contribution in [0.15, 0.2) is 23.7 Å². The monoisotopic (exact) mass is 157 g/mol. The SMILES string of the molecule is CC1CC([N+](=O)[O-])=CC=C1F. The first-order valence-corrected chi connectivity index (χ1v) is 3.32. The number of hydrogen-bond donors (Lipinski definition) is 0. The summed E-state index contributed by atoms with van der Waals surface area (Å²) in [5.41, 5.74) is 0.0823. The van der Waals surface area contributed by atoms with E-state index in [-0.39, 0.29) is 23.9 Å². The maximum Gasteiger partial charge on any atom is 0.247 e. The number of halogens is 1. The first-order chi connectivity index (χ1) is 5.11. The van der Waals surface area contributed by atoms with E-state index in [4.69, 9.17) is 0 Å². The Morgan fingerprint density at radius 3 is 2.82 bits per heavy atom. The molecule has 0 aromatic rings. The third-order valence-corrected chi connectivity index (χ3v) is 1.66. The minimum atomic E-state index is -0.473. The largest absolute Gasteiger partial charge is 0.259 e. The molecular weight excluding hydrogens is 149 g/mol. The summed E-state index contributed by atoms with van der Waals surface area (Å²) in [6, 6.07) is 0. The molecule has 1 aliphatic rings. The fourth-order valence-corrected chi connectivity index (χ4v) is 0.955. The molecule has 1 rings (SSSR count). The van der Waals surface area contributed by atoms with E-state index >= 15 is 0 Å². The van der Waals surface area contributed by atoms with Crippen LogP contribution in [0, 0.1) is 16.0 Å². The number of allylic oxidation sites excluding steroid dienone is 4. The predicted octanol–water partition coefficient (Wildman–Crippen LogP) is 2.04. The minimum Gasteiger partial charge on any atom is -0.259 e. The van der Waals surface area contributed by atoms with Gasteiger partial charge in [0, 0.05) is 18.4 Å². The zero-order chi connectivity index (χ0) is 8.43. The van der Waals surface area contributed by atoms with Gasteiger partial charge in [-0.2, -0.15) is 0 Å². The first kappa shape index (κ1) is 7.91. The van der Waals surface area contributed by atoms with Gasteiger partial charge in [-0.3, -0.25) is 10.1 Å². The maximum absolute atomic E-state index is 12.6. The van der Waals surface area contributed by atoms with Crippen molar-refractivity contribution in [1.82, 2.24) is 0 Å². The second-order valence-electron chi connectivity index (χ2n) is 2.57. The Morgan fingerprint density at radius 1 is 1.73 bits per heavy atom. The third-order valence-electron chi connectivity index (χ3n) is 1.66. The number of hydrogen-bond acceptors (Lipinski definition) is 2. The highest BCUT2D eigenvalue weighted by Gasteiger charge is 2.21. The van der Waals surface area contributed by atoms with Crippen molar-refractivity contribution in [2.45, 2.75) is 13.3 Å². The molecule has 3 nitrogen and oxygen atoms in total. The highest BCUT2D eigenvalue weighted by atomic mass is 19.1. The highest BCUT2D eigenvalue weighted by Crippen LogP contribution is 2.25. The van der Waals surface area contributed by atoms with Gasteiger partial charge in [0.15, 0.2) is 0 Å². The Balaban J connectivity index is 2.82. The van der Waals surface area contributed by atoms with Gasteiger partial charge in [-0.1, -0.05) is 6.92 Å².